The predicted octanol–water partition coefficient (Wildman–Crippen LogP) is 1.09. The van der Waals surface area contributed by atoms with E-state index >= 15 is 0 Å². The molecule has 1 saturated heterocycles. The van der Waals surface area contributed by atoms with Crippen molar-refractivity contribution in [3.8, 4) is 0 Å². The zero-order valence-corrected chi connectivity index (χ0v) is 11.9. The van der Waals surface area contributed by atoms with E-state index in [1.807, 2.05) is 11.9 Å². The van der Waals surface area contributed by atoms with Crippen LogP contribution in [-0.2, 0) is 6.54 Å². The SMILES string of the molecule is CCN(C)c1cnn(CCC2CCNCC2)c(=O)c1. The summed E-state index contributed by atoms with van der Waals surface area (Å²) < 4.78 is 1.59. The first-order valence-corrected chi connectivity index (χ1v) is 7.19. The van der Waals surface area contributed by atoms with Crippen LogP contribution < -0.4 is 15.8 Å². The largest absolute Gasteiger partial charge is 0.373 e. The minimum absolute atomic E-state index is 0.00624. The Balaban J connectivity index is 1.95. The maximum absolute atomic E-state index is 12.0. The fraction of sp³-hybridized carbons (Fsp3) is 0.714. The number of hydrogen-bond acceptors (Lipinski definition) is 4. The molecule has 5 heteroatoms. The van der Waals surface area contributed by atoms with Crippen molar-refractivity contribution in [2.24, 2.45) is 5.92 Å². The third-order valence-corrected chi connectivity index (χ3v) is 3.98. The Morgan fingerprint density at radius 2 is 2.21 bits per heavy atom. The molecule has 1 fully saturated rings. The van der Waals surface area contributed by atoms with E-state index in [2.05, 4.69) is 17.3 Å². The Kier molecular flexibility index (Phi) is 4.96. The molecule has 5 nitrogen and oxygen atoms in total. The first-order valence-electron chi connectivity index (χ1n) is 7.19. The molecule has 0 amide bonds. The van der Waals surface area contributed by atoms with Gasteiger partial charge in [0, 0.05) is 26.2 Å². The minimum atomic E-state index is 0.00624. The molecule has 2 heterocycles. The smallest absolute Gasteiger partial charge is 0.268 e. The number of nitrogens with one attached hydrogen (secondary N) is 1. The average molecular weight is 264 g/mol. The Bertz CT molecular complexity index is 451. The predicted molar refractivity (Wildman–Crippen MR) is 77.7 cm³/mol. The normalized spacial score (nSPS) is 16.5. The Morgan fingerprint density at radius 3 is 2.84 bits per heavy atom. The molecule has 19 heavy (non-hydrogen) atoms. The van der Waals surface area contributed by atoms with Gasteiger partial charge < -0.3 is 10.2 Å². The molecule has 0 aromatic carbocycles. The van der Waals surface area contributed by atoms with Crippen LogP contribution in [0.1, 0.15) is 26.2 Å². The van der Waals surface area contributed by atoms with Gasteiger partial charge in [-0.05, 0) is 45.2 Å². The lowest BCUT2D eigenvalue weighted by Gasteiger charge is -2.22. The standard InChI is InChI=1S/C14H24N4O/c1-3-17(2)13-10-14(19)18(16-11-13)9-6-12-4-7-15-8-5-12/h10-12,15H,3-9H2,1-2H3. The van der Waals surface area contributed by atoms with E-state index in [1.165, 1.54) is 12.8 Å². The van der Waals surface area contributed by atoms with Gasteiger partial charge in [0.15, 0.2) is 0 Å². The topological polar surface area (TPSA) is 50.2 Å². The van der Waals surface area contributed by atoms with Crippen LogP contribution in [0.4, 0.5) is 5.69 Å². The van der Waals surface area contributed by atoms with Crippen molar-refractivity contribution in [2.75, 3.05) is 31.6 Å². The lowest BCUT2D eigenvalue weighted by Crippen LogP contribution is -2.30. The van der Waals surface area contributed by atoms with Crippen LogP contribution in [-0.4, -0.2) is 36.5 Å². The fourth-order valence-electron chi connectivity index (χ4n) is 2.46. The molecule has 1 aromatic heterocycles. The van der Waals surface area contributed by atoms with Crippen LogP contribution in [0.2, 0.25) is 0 Å². The Labute approximate surface area is 114 Å². The third kappa shape index (κ3) is 3.80. The summed E-state index contributed by atoms with van der Waals surface area (Å²) >= 11 is 0. The second-order valence-electron chi connectivity index (χ2n) is 5.27. The minimum Gasteiger partial charge on any atom is -0.373 e. The summed E-state index contributed by atoms with van der Waals surface area (Å²) in [6.07, 6.45) is 5.27. The maximum atomic E-state index is 12.0. The van der Waals surface area contributed by atoms with E-state index < -0.39 is 0 Å². The zero-order valence-electron chi connectivity index (χ0n) is 11.9. The fourth-order valence-corrected chi connectivity index (χ4v) is 2.46. The average Bonchev–Trinajstić information content (AvgIpc) is 2.46. The van der Waals surface area contributed by atoms with Gasteiger partial charge in [-0.1, -0.05) is 0 Å². The molecule has 0 spiro atoms. The van der Waals surface area contributed by atoms with Crippen molar-refractivity contribution in [1.82, 2.24) is 15.1 Å². The molecule has 1 aliphatic rings. The number of anilines is 1. The Hall–Kier alpha value is -1.36. The van der Waals surface area contributed by atoms with Gasteiger partial charge in [0.05, 0.1) is 11.9 Å². The van der Waals surface area contributed by atoms with E-state index in [9.17, 15) is 4.79 Å². The number of nitrogens with zero attached hydrogens (tertiary/aromatic N) is 3. The monoisotopic (exact) mass is 264 g/mol. The van der Waals surface area contributed by atoms with Crippen LogP contribution in [0, 0.1) is 5.92 Å². The van der Waals surface area contributed by atoms with Gasteiger partial charge >= 0.3 is 0 Å². The summed E-state index contributed by atoms with van der Waals surface area (Å²) in [6, 6.07) is 1.68. The van der Waals surface area contributed by atoms with Crippen molar-refractivity contribution in [3.63, 3.8) is 0 Å². The summed E-state index contributed by atoms with van der Waals surface area (Å²) in [5.74, 6) is 0.730. The summed E-state index contributed by atoms with van der Waals surface area (Å²) in [6.45, 7) is 5.88. The molecule has 2 rings (SSSR count). The number of piperidine rings is 1. The molecule has 0 unspecified atom stereocenters. The van der Waals surface area contributed by atoms with Gasteiger partial charge in [-0.25, -0.2) is 4.68 Å². The highest BCUT2D eigenvalue weighted by Gasteiger charge is 2.13. The van der Waals surface area contributed by atoms with Gasteiger partial charge in [0.25, 0.3) is 5.56 Å². The third-order valence-electron chi connectivity index (χ3n) is 3.98. The second kappa shape index (κ2) is 6.70. The van der Waals surface area contributed by atoms with Crippen LogP contribution in [0.3, 0.4) is 0 Å². The quantitative estimate of drug-likeness (QED) is 0.865. The number of aromatic nitrogens is 2. The molecule has 0 bridgehead atoms. The summed E-state index contributed by atoms with van der Waals surface area (Å²) in [4.78, 5) is 14.0. The molecule has 1 N–H and O–H groups in total. The van der Waals surface area contributed by atoms with Crippen LogP contribution in [0.25, 0.3) is 0 Å². The van der Waals surface area contributed by atoms with Gasteiger partial charge in [-0.3, -0.25) is 4.79 Å². The molecular weight excluding hydrogens is 240 g/mol. The van der Waals surface area contributed by atoms with E-state index in [-0.39, 0.29) is 5.56 Å². The molecule has 0 atom stereocenters. The van der Waals surface area contributed by atoms with Crippen molar-refractivity contribution in [1.29, 1.82) is 0 Å². The van der Waals surface area contributed by atoms with Crippen LogP contribution >= 0.6 is 0 Å². The van der Waals surface area contributed by atoms with E-state index in [0.29, 0.717) is 0 Å². The van der Waals surface area contributed by atoms with Gasteiger partial charge in [-0.15, -0.1) is 0 Å². The van der Waals surface area contributed by atoms with E-state index in [1.54, 1.807) is 16.9 Å². The first-order chi connectivity index (χ1) is 9.20. The van der Waals surface area contributed by atoms with Crippen molar-refractivity contribution in [2.45, 2.75) is 32.7 Å². The second-order valence-corrected chi connectivity index (χ2v) is 5.27. The molecule has 0 aliphatic carbocycles. The van der Waals surface area contributed by atoms with Gasteiger partial charge in [-0.2, -0.15) is 5.10 Å². The highest BCUT2D eigenvalue weighted by Crippen LogP contribution is 2.16. The lowest BCUT2D eigenvalue weighted by atomic mass is 9.95. The van der Waals surface area contributed by atoms with Crippen LogP contribution in [0.15, 0.2) is 17.1 Å². The number of hydrogen-bond donors (Lipinski definition) is 1. The lowest BCUT2D eigenvalue weighted by molar-refractivity contribution is 0.329. The van der Waals surface area contributed by atoms with Crippen molar-refractivity contribution < 1.29 is 0 Å². The molecule has 1 aromatic rings. The van der Waals surface area contributed by atoms with Crippen LogP contribution in [0.5, 0.6) is 0 Å². The van der Waals surface area contributed by atoms with Crippen molar-refractivity contribution in [3.05, 3.63) is 22.6 Å². The van der Waals surface area contributed by atoms with Gasteiger partial charge in [0.2, 0.25) is 0 Å². The first kappa shape index (κ1) is 14.1. The Morgan fingerprint density at radius 1 is 1.47 bits per heavy atom. The van der Waals surface area contributed by atoms with E-state index in [0.717, 1.165) is 44.2 Å². The summed E-state index contributed by atoms with van der Waals surface area (Å²) in [7, 11) is 1.97. The summed E-state index contributed by atoms with van der Waals surface area (Å²) in [5.41, 5.74) is 0.900. The maximum Gasteiger partial charge on any atom is 0.268 e. The number of rotatable bonds is 5. The highest BCUT2D eigenvalue weighted by atomic mass is 16.1. The van der Waals surface area contributed by atoms with Gasteiger partial charge in [0.1, 0.15) is 0 Å². The zero-order chi connectivity index (χ0) is 13.7. The summed E-state index contributed by atoms with van der Waals surface area (Å²) in [5, 5.41) is 7.64. The van der Waals surface area contributed by atoms with E-state index in [4.69, 9.17) is 0 Å². The molecule has 0 radical (unpaired) electrons. The number of aryl methyl sites for hydroxylation is 1. The van der Waals surface area contributed by atoms with Crippen molar-refractivity contribution >= 4 is 5.69 Å². The molecule has 0 saturated carbocycles. The molecule has 1 aliphatic heterocycles. The molecule has 106 valence electrons. The highest BCUT2D eigenvalue weighted by molar-refractivity contribution is 5.41. The molecular formula is C14H24N4O.